The van der Waals surface area contributed by atoms with E-state index in [2.05, 4.69) is 20.8 Å². The Bertz CT molecular complexity index is 899. The Kier molecular flexibility index (Phi) is 5.84. The highest BCUT2D eigenvalue weighted by molar-refractivity contribution is 6.02. The van der Waals surface area contributed by atoms with E-state index in [-0.39, 0.29) is 0 Å². The summed E-state index contributed by atoms with van der Waals surface area (Å²) < 4.78 is 10.5. The van der Waals surface area contributed by atoms with Gasteiger partial charge in [-0.15, -0.1) is 10.2 Å². The molecular formula is C20H20N4O3. The van der Waals surface area contributed by atoms with E-state index in [0.717, 1.165) is 5.56 Å². The van der Waals surface area contributed by atoms with Gasteiger partial charge in [0.25, 0.3) is 0 Å². The van der Waals surface area contributed by atoms with Crippen LogP contribution in [0.25, 0.3) is 11.3 Å². The second-order valence-electron chi connectivity index (χ2n) is 5.55. The monoisotopic (exact) mass is 364 g/mol. The van der Waals surface area contributed by atoms with E-state index < -0.39 is 6.03 Å². The number of ether oxygens (including phenoxy) is 2. The zero-order valence-corrected chi connectivity index (χ0v) is 15.1. The smallest absolute Gasteiger partial charge is 0.323 e. The number of rotatable bonds is 6. The molecule has 7 heteroatoms. The number of aromatic nitrogens is 2. The SMILES string of the molecule is CCOc1cc(NC(=O)Nc2ccc(OC)cc2)c(-c2ccccc2)nn1. The molecule has 0 aliphatic carbocycles. The number of urea groups is 1. The largest absolute Gasteiger partial charge is 0.497 e. The lowest BCUT2D eigenvalue weighted by Gasteiger charge is -2.12. The number of benzene rings is 2. The molecule has 138 valence electrons. The van der Waals surface area contributed by atoms with Crippen molar-refractivity contribution in [3.63, 3.8) is 0 Å². The number of nitrogens with zero attached hydrogens (tertiary/aromatic N) is 2. The van der Waals surface area contributed by atoms with E-state index in [1.54, 1.807) is 37.4 Å². The maximum absolute atomic E-state index is 12.4. The minimum Gasteiger partial charge on any atom is -0.497 e. The lowest BCUT2D eigenvalue weighted by molar-refractivity contribution is 0.262. The Morgan fingerprint density at radius 2 is 1.74 bits per heavy atom. The maximum atomic E-state index is 12.4. The number of amides is 2. The molecule has 3 aromatic rings. The number of methoxy groups -OCH3 is 1. The molecule has 0 saturated heterocycles. The zero-order chi connectivity index (χ0) is 19.1. The number of carbonyl (C=O) groups excluding carboxylic acids is 1. The topological polar surface area (TPSA) is 85.4 Å². The molecule has 2 N–H and O–H groups in total. The molecule has 0 fully saturated rings. The van der Waals surface area contributed by atoms with Crippen LogP contribution in [0, 0.1) is 0 Å². The fourth-order valence-electron chi connectivity index (χ4n) is 2.46. The van der Waals surface area contributed by atoms with Gasteiger partial charge in [-0.1, -0.05) is 30.3 Å². The van der Waals surface area contributed by atoms with Crippen LogP contribution in [0.3, 0.4) is 0 Å². The van der Waals surface area contributed by atoms with E-state index in [1.165, 1.54) is 0 Å². The van der Waals surface area contributed by atoms with E-state index in [9.17, 15) is 4.79 Å². The highest BCUT2D eigenvalue weighted by atomic mass is 16.5. The van der Waals surface area contributed by atoms with Crippen molar-refractivity contribution in [1.29, 1.82) is 0 Å². The van der Waals surface area contributed by atoms with Crippen molar-refractivity contribution in [3.8, 4) is 22.9 Å². The van der Waals surface area contributed by atoms with Crippen LogP contribution in [0.2, 0.25) is 0 Å². The Labute approximate surface area is 157 Å². The van der Waals surface area contributed by atoms with Crippen molar-refractivity contribution in [1.82, 2.24) is 10.2 Å². The third-order valence-electron chi connectivity index (χ3n) is 3.71. The van der Waals surface area contributed by atoms with Crippen molar-refractivity contribution < 1.29 is 14.3 Å². The summed E-state index contributed by atoms with van der Waals surface area (Å²) in [6.07, 6.45) is 0. The lowest BCUT2D eigenvalue weighted by atomic mass is 10.1. The fourth-order valence-corrected chi connectivity index (χ4v) is 2.46. The van der Waals surface area contributed by atoms with Crippen molar-refractivity contribution in [2.24, 2.45) is 0 Å². The minimum atomic E-state index is -0.396. The van der Waals surface area contributed by atoms with Gasteiger partial charge in [0.15, 0.2) is 0 Å². The quantitative estimate of drug-likeness (QED) is 0.685. The Hall–Kier alpha value is -3.61. The summed E-state index contributed by atoms with van der Waals surface area (Å²) in [5, 5.41) is 13.9. The summed E-state index contributed by atoms with van der Waals surface area (Å²) in [5.41, 5.74) is 2.55. The third-order valence-corrected chi connectivity index (χ3v) is 3.71. The van der Waals surface area contributed by atoms with Gasteiger partial charge in [-0.3, -0.25) is 0 Å². The molecule has 27 heavy (non-hydrogen) atoms. The first-order chi connectivity index (χ1) is 13.2. The number of carbonyl (C=O) groups is 1. The van der Waals surface area contributed by atoms with Gasteiger partial charge < -0.3 is 20.1 Å². The molecule has 0 aliphatic rings. The van der Waals surface area contributed by atoms with Gasteiger partial charge in [0.1, 0.15) is 11.4 Å². The first-order valence-corrected chi connectivity index (χ1v) is 8.47. The highest BCUT2D eigenvalue weighted by Gasteiger charge is 2.13. The maximum Gasteiger partial charge on any atom is 0.323 e. The molecule has 7 nitrogen and oxygen atoms in total. The van der Waals surface area contributed by atoms with Gasteiger partial charge >= 0.3 is 6.03 Å². The summed E-state index contributed by atoms with van der Waals surface area (Å²) in [6.45, 7) is 2.31. The Morgan fingerprint density at radius 1 is 1.00 bits per heavy atom. The molecule has 0 unspecified atom stereocenters. The van der Waals surface area contributed by atoms with Gasteiger partial charge in [-0.25, -0.2) is 4.79 Å². The molecule has 1 heterocycles. The Balaban J connectivity index is 1.82. The van der Waals surface area contributed by atoms with Gasteiger partial charge in [0.05, 0.1) is 19.4 Å². The van der Waals surface area contributed by atoms with Crippen LogP contribution in [0.5, 0.6) is 11.6 Å². The van der Waals surface area contributed by atoms with E-state index in [1.807, 2.05) is 37.3 Å². The van der Waals surface area contributed by atoms with E-state index >= 15 is 0 Å². The number of hydrogen-bond acceptors (Lipinski definition) is 5. The number of hydrogen-bond donors (Lipinski definition) is 2. The summed E-state index contributed by atoms with van der Waals surface area (Å²) in [5.74, 6) is 1.06. The van der Waals surface area contributed by atoms with Crippen LogP contribution >= 0.6 is 0 Å². The summed E-state index contributed by atoms with van der Waals surface area (Å²) >= 11 is 0. The van der Waals surface area contributed by atoms with E-state index in [0.29, 0.717) is 35.3 Å². The molecule has 0 bridgehead atoms. The first-order valence-electron chi connectivity index (χ1n) is 8.47. The summed E-state index contributed by atoms with van der Waals surface area (Å²) in [4.78, 5) is 12.4. The third kappa shape index (κ3) is 4.72. The van der Waals surface area contributed by atoms with Crippen molar-refractivity contribution >= 4 is 17.4 Å². The first kappa shape index (κ1) is 18.2. The van der Waals surface area contributed by atoms with Crippen LogP contribution in [-0.4, -0.2) is 29.9 Å². The van der Waals surface area contributed by atoms with E-state index in [4.69, 9.17) is 9.47 Å². The fraction of sp³-hybridized carbons (Fsp3) is 0.150. The molecule has 2 aromatic carbocycles. The summed E-state index contributed by atoms with van der Waals surface area (Å²) in [7, 11) is 1.59. The van der Waals surface area contributed by atoms with Crippen molar-refractivity contribution in [2.75, 3.05) is 24.4 Å². The zero-order valence-electron chi connectivity index (χ0n) is 15.1. The van der Waals surface area contributed by atoms with Gasteiger partial charge in [-0.05, 0) is 31.2 Å². The van der Waals surface area contributed by atoms with Crippen LogP contribution in [0.15, 0.2) is 60.7 Å². The average molecular weight is 364 g/mol. The van der Waals surface area contributed by atoms with Gasteiger partial charge in [-0.2, -0.15) is 0 Å². The molecule has 3 rings (SSSR count). The van der Waals surface area contributed by atoms with Gasteiger partial charge in [0.2, 0.25) is 5.88 Å². The molecule has 0 radical (unpaired) electrons. The van der Waals surface area contributed by atoms with Crippen molar-refractivity contribution in [2.45, 2.75) is 6.92 Å². The molecule has 1 aromatic heterocycles. The van der Waals surface area contributed by atoms with Crippen molar-refractivity contribution in [3.05, 3.63) is 60.7 Å². The second-order valence-corrected chi connectivity index (χ2v) is 5.55. The average Bonchev–Trinajstić information content (AvgIpc) is 2.70. The normalized spacial score (nSPS) is 10.1. The summed E-state index contributed by atoms with van der Waals surface area (Å²) in [6, 6.07) is 17.8. The molecular weight excluding hydrogens is 344 g/mol. The standard InChI is InChI=1S/C20H20N4O3/c1-3-27-18-13-17(19(24-23-18)14-7-5-4-6-8-14)22-20(25)21-15-9-11-16(26-2)12-10-15/h4-13H,3H2,1-2H3,(H2,21,22,23,25). The highest BCUT2D eigenvalue weighted by Crippen LogP contribution is 2.28. The second kappa shape index (κ2) is 8.66. The lowest BCUT2D eigenvalue weighted by Crippen LogP contribution is -2.20. The molecule has 0 atom stereocenters. The van der Waals surface area contributed by atoms with Crippen LogP contribution in [0.4, 0.5) is 16.2 Å². The predicted molar refractivity (Wildman–Crippen MR) is 104 cm³/mol. The van der Waals surface area contributed by atoms with Crippen LogP contribution < -0.4 is 20.1 Å². The van der Waals surface area contributed by atoms with Crippen LogP contribution in [0.1, 0.15) is 6.92 Å². The predicted octanol–water partition coefficient (Wildman–Crippen LogP) is 4.19. The Morgan fingerprint density at radius 3 is 2.41 bits per heavy atom. The minimum absolute atomic E-state index is 0.344. The number of anilines is 2. The molecule has 0 spiro atoms. The molecule has 0 aliphatic heterocycles. The molecule has 0 saturated carbocycles. The number of nitrogens with one attached hydrogen (secondary N) is 2. The molecule has 2 amide bonds. The van der Waals surface area contributed by atoms with Crippen LogP contribution in [-0.2, 0) is 0 Å². The van der Waals surface area contributed by atoms with Gasteiger partial charge in [0, 0.05) is 17.3 Å².